The molecule has 2 rings (SSSR count). The molecule has 108 valence electrons. The van der Waals surface area contributed by atoms with Gasteiger partial charge in [0.2, 0.25) is 0 Å². The third-order valence-corrected chi connectivity index (χ3v) is 3.11. The molecular formula is C16H16N2O3. The van der Waals surface area contributed by atoms with Crippen LogP contribution in [0.5, 0.6) is 0 Å². The van der Waals surface area contributed by atoms with Crippen LogP contribution in [0, 0.1) is 17.0 Å². The van der Waals surface area contributed by atoms with Gasteiger partial charge in [-0.1, -0.05) is 35.9 Å². The van der Waals surface area contributed by atoms with E-state index in [0.29, 0.717) is 24.2 Å². The molecule has 0 radical (unpaired) electrons. The van der Waals surface area contributed by atoms with E-state index in [0.717, 1.165) is 5.56 Å². The van der Waals surface area contributed by atoms with Crippen LogP contribution in [0.4, 0.5) is 11.4 Å². The Kier molecular flexibility index (Phi) is 4.66. The average Bonchev–Trinajstić information content (AvgIpc) is 2.48. The summed E-state index contributed by atoms with van der Waals surface area (Å²) in [6.07, 6.45) is 0.339. The summed E-state index contributed by atoms with van der Waals surface area (Å²) >= 11 is 0. The zero-order valence-electron chi connectivity index (χ0n) is 11.7. The maximum Gasteiger partial charge on any atom is 0.271 e. The van der Waals surface area contributed by atoms with Crippen molar-refractivity contribution in [3.05, 3.63) is 69.8 Å². The molecule has 0 aliphatic heterocycles. The van der Waals surface area contributed by atoms with Gasteiger partial charge in [-0.05, 0) is 13.0 Å². The van der Waals surface area contributed by atoms with E-state index >= 15 is 0 Å². The molecule has 0 amide bonds. The molecule has 0 aromatic heterocycles. The number of hydrogen-bond acceptors (Lipinski definition) is 4. The second-order valence-electron chi connectivity index (χ2n) is 4.77. The number of rotatable bonds is 6. The largest absolute Gasteiger partial charge is 0.384 e. The van der Waals surface area contributed by atoms with Crippen molar-refractivity contribution >= 4 is 17.2 Å². The number of hydrogen-bond donors (Lipinski definition) is 1. The van der Waals surface area contributed by atoms with Crippen LogP contribution >= 0.6 is 0 Å². The second kappa shape index (κ2) is 6.65. The predicted molar refractivity (Wildman–Crippen MR) is 81.7 cm³/mol. The summed E-state index contributed by atoms with van der Waals surface area (Å²) in [5.74, 6) is 0.0490. The van der Waals surface area contributed by atoms with Crippen LogP contribution in [-0.4, -0.2) is 17.3 Å². The van der Waals surface area contributed by atoms with Gasteiger partial charge in [-0.15, -0.1) is 0 Å². The van der Waals surface area contributed by atoms with Gasteiger partial charge in [0.15, 0.2) is 5.78 Å². The van der Waals surface area contributed by atoms with Crippen molar-refractivity contribution < 1.29 is 9.72 Å². The lowest BCUT2D eigenvalue weighted by Crippen LogP contribution is -2.09. The smallest absolute Gasteiger partial charge is 0.271 e. The number of Topliss-reactive ketones (excluding diaryl/α,β-unsaturated/α-hetero) is 1. The molecule has 0 spiro atoms. The number of benzene rings is 2. The summed E-state index contributed by atoms with van der Waals surface area (Å²) in [6.45, 7) is 2.41. The van der Waals surface area contributed by atoms with Gasteiger partial charge in [-0.3, -0.25) is 14.9 Å². The minimum Gasteiger partial charge on any atom is -0.384 e. The molecule has 0 atom stereocenters. The van der Waals surface area contributed by atoms with Gasteiger partial charge in [0.25, 0.3) is 5.69 Å². The number of carbonyl (C=O) groups is 1. The molecular weight excluding hydrogens is 268 g/mol. The monoisotopic (exact) mass is 284 g/mol. The van der Waals surface area contributed by atoms with Crippen molar-refractivity contribution in [2.75, 3.05) is 11.9 Å². The molecule has 2 aromatic rings. The Morgan fingerprint density at radius 1 is 1.19 bits per heavy atom. The minimum atomic E-state index is -0.442. The Hall–Kier alpha value is -2.69. The van der Waals surface area contributed by atoms with E-state index in [-0.39, 0.29) is 11.5 Å². The number of nitrogens with one attached hydrogen (secondary N) is 1. The molecule has 0 bridgehead atoms. The lowest BCUT2D eigenvalue weighted by Gasteiger charge is -2.06. The first-order valence-electron chi connectivity index (χ1n) is 6.64. The Balaban J connectivity index is 1.89. The van der Waals surface area contributed by atoms with Crippen LogP contribution < -0.4 is 5.32 Å². The fourth-order valence-electron chi connectivity index (χ4n) is 1.93. The average molecular weight is 284 g/mol. The fraction of sp³-hybridized carbons (Fsp3) is 0.188. The number of nitrogens with zero attached hydrogens (tertiary/aromatic N) is 1. The second-order valence-corrected chi connectivity index (χ2v) is 4.77. The first kappa shape index (κ1) is 14.7. The molecule has 0 saturated heterocycles. The van der Waals surface area contributed by atoms with Gasteiger partial charge < -0.3 is 5.32 Å². The van der Waals surface area contributed by atoms with E-state index in [1.807, 2.05) is 31.2 Å². The molecule has 21 heavy (non-hydrogen) atoms. The number of non-ortho nitro benzene ring substituents is 1. The number of anilines is 1. The van der Waals surface area contributed by atoms with Crippen molar-refractivity contribution in [2.24, 2.45) is 0 Å². The number of nitro benzene ring substituents is 1. The summed E-state index contributed by atoms with van der Waals surface area (Å²) in [4.78, 5) is 22.2. The van der Waals surface area contributed by atoms with Crippen LogP contribution in [-0.2, 0) is 0 Å². The molecule has 0 fully saturated rings. The lowest BCUT2D eigenvalue weighted by atomic mass is 10.1. The van der Waals surface area contributed by atoms with Crippen LogP contribution in [0.25, 0.3) is 0 Å². The highest BCUT2D eigenvalue weighted by Crippen LogP contribution is 2.17. The van der Waals surface area contributed by atoms with Crippen LogP contribution in [0.3, 0.4) is 0 Å². The first-order chi connectivity index (χ1) is 10.1. The van der Waals surface area contributed by atoms with Gasteiger partial charge in [-0.25, -0.2) is 0 Å². The molecule has 0 unspecified atom stereocenters. The third-order valence-electron chi connectivity index (χ3n) is 3.11. The lowest BCUT2D eigenvalue weighted by molar-refractivity contribution is -0.384. The molecule has 5 nitrogen and oxygen atoms in total. The summed E-state index contributed by atoms with van der Waals surface area (Å²) < 4.78 is 0. The van der Waals surface area contributed by atoms with Crippen molar-refractivity contribution in [2.45, 2.75) is 13.3 Å². The van der Waals surface area contributed by atoms with E-state index in [1.54, 1.807) is 12.1 Å². The summed E-state index contributed by atoms with van der Waals surface area (Å²) in [5.41, 5.74) is 2.47. The Labute approximate surface area is 122 Å². The standard InChI is InChI=1S/C16H16N2O3/c1-12-5-7-13(8-6-12)16(19)9-10-17-14-3-2-4-15(11-14)18(20)21/h2-8,11,17H,9-10H2,1H3. The maximum atomic E-state index is 12.0. The van der Waals surface area contributed by atoms with Crippen molar-refractivity contribution in [3.8, 4) is 0 Å². The van der Waals surface area contributed by atoms with Gasteiger partial charge in [0, 0.05) is 36.3 Å². The van der Waals surface area contributed by atoms with Gasteiger partial charge in [0.05, 0.1) is 4.92 Å². The normalized spacial score (nSPS) is 10.1. The highest BCUT2D eigenvalue weighted by Gasteiger charge is 2.07. The molecule has 0 heterocycles. The first-order valence-corrected chi connectivity index (χ1v) is 6.64. The van der Waals surface area contributed by atoms with Gasteiger partial charge in [-0.2, -0.15) is 0 Å². The van der Waals surface area contributed by atoms with Crippen LogP contribution in [0.15, 0.2) is 48.5 Å². The molecule has 0 saturated carbocycles. The molecule has 0 aliphatic carbocycles. The summed E-state index contributed by atoms with van der Waals surface area (Å²) in [6, 6.07) is 13.7. The number of aryl methyl sites for hydroxylation is 1. The fourth-order valence-corrected chi connectivity index (χ4v) is 1.93. The van der Waals surface area contributed by atoms with E-state index < -0.39 is 4.92 Å². The Morgan fingerprint density at radius 2 is 1.90 bits per heavy atom. The van der Waals surface area contributed by atoms with Gasteiger partial charge >= 0.3 is 0 Å². The number of carbonyl (C=O) groups excluding carboxylic acids is 1. The van der Waals surface area contributed by atoms with Crippen molar-refractivity contribution in [1.82, 2.24) is 0 Å². The summed E-state index contributed by atoms with van der Waals surface area (Å²) in [7, 11) is 0. The Bertz CT molecular complexity index is 651. The van der Waals surface area contributed by atoms with Crippen molar-refractivity contribution in [3.63, 3.8) is 0 Å². The summed E-state index contributed by atoms with van der Waals surface area (Å²) in [5, 5.41) is 13.7. The minimum absolute atomic E-state index is 0.0323. The molecule has 2 aromatic carbocycles. The number of ketones is 1. The Morgan fingerprint density at radius 3 is 2.57 bits per heavy atom. The maximum absolute atomic E-state index is 12.0. The highest BCUT2D eigenvalue weighted by molar-refractivity contribution is 5.96. The molecule has 1 N–H and O–H groups in total. The number of nitro groups is 1. The van der Waals surface area contributed by atoms with Crippen LogP contribution in [0.1, 0.15) is 22.3 Å². The van der Waals surface area contributed by atoms with E-state index in [1.165, 1.54) is 12.1 Å². The van der Waals surface area contributed by atoms with E-state index in [4.69, 9.17) is 0 Å². The van der Waals surface area contributed by atoms with E-state index in [2.05, 4.69) is 5.32 Å². The van der Waals surface area contributed by atoms with E-state index in [9.17, 15) is 14.9 Å². The predicted octanol–water partition coefficient (Wildman–Crippen LogP) is 3.59. The topological polar surface area (TPSA) is 72.2 Å². The van der Waals surface area contributed by atoms with Crippen LogP contribution in [0.2, 0.25) is 0 Å². The zero-order chi connectivity index (χ0) is 15.2. The third kappa shape index (κ3) is 4.14. The SMILES string of the molecule is Cc1ccc(C(=O)CCNc2cccc([N+](=O)[O-])c2)cc1. The zero-order valence-corrected chi connectivity index (χ0v) is 11.7. The van der Waals surface area contributed by atoms with Gasteiger partial charge in [0.1, 0.15) is 0 Å². The quantitative estimate of drug-likeness (QED) is 0.500. The van der Waals surface area contributed by atoms with Crippen molar-refractivity contribution in [1.29, 1.82) is 0 Å². The highest BCUT2D eigenvalue weighted by atomic mass is 16.6. The molecule has 5 heteroatoms. The molecule has 0 aliphatic rings.